The van der Waals surface area contributed by atoms with Crippen molar-refractivity contribution in [2.45, 2.75) is 12.7 Å². The topological polar surface area (TPSA) is 29.1 Å². The first-order valence-corrected chi connectivity index (χ1v) is 8.34. The standard InChI is InChI=1S/C16H15Cl2NOS/c1-11-4-2-3-5-15(11)19-16(20)10-21-9-12-6-7-13(17)14(18)8-12/h2-8H,9-10H2,1H3,(H,19,20). The number of carbonyl (C=O) groups is 1. The summed E-state index contributed by atoms with van der Waals surface area (Å²) in [5.41, 5.74) is 2.97. The van der Waals surface area contributed by atoms with Crippen LogP contribution in [-0.2, 0) is 10.5 Å². The highest BCUT2D eigenvalue weighted by atomic mass is 35.5. The molecule has 0 unspecified atom stereocenters. The average molecular weight is 340 g/mol. The smallest absolute Gasteiger partial charge is 0.234 e. The average Bonchev–Trinajstić information content (AvgIpc) is 2.45. The number of rotatable bonds is 5. The summed E-state index contributed by atoms with van der Waals surface area (Å²) in [6.07, 6.45) is 0. The summed E-state index contributed by atoms with van der Waals surface area (Å²) in [6, 6.07) is 13.2. The van der Waals surface area contributed by atoms with E-state index in [9.17, 15) is 4.79 Å². The minimum Gasteiger partial charge on any atom is -0.325 e. The molecule has 0 bridgehead atoms. The summed E-state index contributed by atoms with van der Waals surface area (Å²) in [6.45, 7) is 1.97. The molecule has 0 radical (unpaired) electrons. The monoisotopic (exact) mass is 339 g/mol. The van der Waals surface area contributed by atoms with E-state index in [0.29, 0.717) is 15.8 Å². The van der Waals surface area contributed by atoms with E-state index < -0.39 is 0 Å². The van der Waals surface area contributed by atoms with Crippen LogP contribution >= 0.6 is 35.0 Å². The zero-order valence-corrected chi connectivity index (χ0v) is 13.9. The van der Waals surface area contributed by atoms with E-state index in [1.165, 1.54) is 0 Å². The van der Waals surface area contributed by atoms with Gasteiger partial charge in [-0.05, 0) is 36.2 Å². The van der Waals surface area contributed by atoms with Gasteiger partial charge in [-0.25, -0.2) is 0 Å². The largest absolute Gasteiger partial charge is 0.325 e. The molecule has 2 aromatic rings. The summed E-state index contributed by atoms with van der Waals surface area (Å²) in [4.78, 5) is 11.9. The number of benzene rings is 2. The van der Waals surface area contributed by atoms with Crippen molar-refractivity contribution in [3.05, 3.63) is 63.6 Å². The molecule has 0 fully saturated rings. The van der Waals surface area contributed by atoms with Crippen LogP contribution in [0, 0.1) is 6.92 Å². The number of hydrogen-bond acceptors (Lipinski definition) is 2. The molecule has 0 atom stereocenters. The molecule has 110 valence electrons. The second-order valence-electron chi connectivity index (χ2n) is 4.60. The lowest BCUT2D eigenvalue weighted by Gasteiger charge is -2.08. The Kier molecular flexibility index (Phi) is 5.97. The van der Waals surface area contributed by atoms with Gasteiger partial charge in [-0.15, -0.1) is 11.8 Å². The highest BCUT2D eigenvalue weighted by molar-refractivity contribution is 7.99. The summed E-state index contributed by atoms with van der Waals surface area (Å²) in [7, 11) is 0. The lowest BCUT2D eigenvalue weighted by Crippen LogP contribution is -2.14. The Morgan fingerprint density at radius 3 is 2.62 bits per heavy atom. The van der Waals surface area contributed by atoms with Crippen molar-refractivity contribution >= 4 is 46.6 Å². The quantitative estimate of drug-likeness (QED) is 0.813. The zero-order chi connectivity index (χ0) is 15.2. The van der Waals surface area contributed by atoms with Gasteiger partial charge in [0.2, 0.25) is 5.91 Å². The van der Waals surface area contributed by atoms with E-state index in [2.05, 4.69) is 5.32 Å². The van der Waals surface area contributed by atoms with Crippen LogP contribution in [0.4, 0.5) is 5.69 Å². The molecule has 2 rings (SSSR count). The number of carbonyl (C=O) groups excluding carboxylic acids is 1. The number of para-hydroxylation sites is 1. The predicted octanol–water partition coefficient (Wildman–Crippen LogP) is 5.17. The summed E-state index contributed by atoms with van der Waals surface area (Å²) in [5.74, 6) is 1.11. The van der Waals surface area contributed by atoms with Crippen LogP contribution < -0.4 is 5.32 Å². The molecule has 5 heteroatoms. The third kappa shape index (κ3) is 4.95. The van der Waals surface area contributed by atoms with Crippen molar-refractivity contribution in [3.63, 3.8) is 0 Å². The lowest BCUT2D eigenvalue weighted by atomic mass is 10.2. The highest BCUT2D eigenvalue weighted by Gasteiger charge is 2.05. The fourth-order valence-corrected chi connectivity index (χ4v) is 2.89. The van der Waals surface area contributed by atoms with E-state index in [0.717, 1.165) is 22.6 Å². The second kappa shape index (κ2) is 7.74. The van der Waals surface area contributed by atoms with E-state index in [-0.39, 0.29) is 5.91 Å². The van der Waals surface area contributed by atoms with Crippen LogP contribution in [0.1, 0.15) is 11.1 Å². The van der Waals surface area contributed by atoms with E-state index in [1.807, 2.05) is 43.3 Å². The summed E-state index contributed by atoms with van der Waals surface area (Å²) >= 11 is 13.4. The molecule has 1 amide bonds. The molecule has 0 aliphatic rings. The lowest BCUT2D eigenvalue weighted by molar-refractivity contribution is -0.113. The van der Waals surface area contributed by atoms with Crippen LogP contribution in [0.5, 0.6) is 0 Å². The van der Waals surface area contributed by atoms with E-state index in [4.69, 9.17) is 23.2 Å². The Labute approximate surface area is 138 Å². The summed E-state index contributed by atoms with van der Waals surface area (Å²) in [5, 5.41) is 4.00. The summed E-state index contributed by atoms with van der Waals surface area (Å²) < 4.78 is 0. The molecule has 2 nitrogen and oxygen atoms in total. The second-order valence-corrected chi connectivity index (χ2v) is 6.40. The van der Waals surface area contributed by atoms with Gasteiger partial charge < -0.3 is 5.32 Å². The van der Waals surface area contributed by atoms with Crippen LogP contribution in [0.2, 0.25) is 10.0 Å². The molecule has 0 heterocycles. The molecule has 0 saturated heterocycles. The molecule has 0 aliphatic heterocycles. The third-order valence-corrected chi connectivity index (χ3v) is 4.65. The highest BCUT2D eigenvalue weighted by Crippen LogP contribution is 2.24. The Morgan fingerprint density at radius 1 is 1.14 bits per heavy atom. The molecular weight excluding hydrogens is 325 g/mol. The first kappa shape index (κ1) is 16.2. The fourth-order valence-electron chi connectivity index (χ4n) is 1.79. The molecule has 2 aromatic carbocycles. The van der Waals surface area contributed by atoms with Gasteiger partial charge in [0.15, 0.2) is 0 Å². The van der Waals surface area contributed by atoms with E-state index in [1.54, 1.807) is 17.8 Å². The number of hydrogen-bond donors (Lipinski definition) is 1. The number of anilines is 1. The number of aryl methyl sites for hydroxylation is 1. The molecule has 1 N–H and O–H groups in total. The molecule has 0 spiro atoms. The van der Waals surface area contributed by atoms with Crippen molar-refractivity contribution in [2.75, 3.05) is 11.1 Å². The van der Waals surface area contributed by atoms with Gasteiger partial charge in [0.1, 0.15) is 0 Å². The van der Waals surface area contributed by atoms with Gasteiger partial charge in [-0.2, -0.15) is 0 Å². The molecular formula is C16H15Cl2NOS. The van der Waals surface area contributed by atoms with Gasteiger partial charge in [0.05, 0.1) is 15.8 Å². The number of thioether (sulfide) groups is 1. The maximum atomic E-state index is 11.9. The van der Waals surface area contributed by atoms with Crippen LogP contribution in [0.15, 0.2) is 42.5 Å². The Morgan fingerprint density at radius 2 is 1.90 bits per heavy atom. The van der Waals surface area contributed by atoms with Gasteiger partial charge in [-0.1, -0.05) is 47.5 Å². The maximum absolute atomic E-state index is 11.9. The normalized spacial score (nSPS) is 10.4. The van der Waals surface area contributed by atoms with Gasteiger partial charge in [0.25, 0.3) is 0 Å². The number of amides is 1. The van der Waals surface area contributed by atoms with Gasteiger partial charge in [0, 0.05) is 11.4 Å². The number of nitrogens with one attached hydrogen (secondary N) is 1. The van der Waals surface area contributed by atoms with E-state index >= 15 is 0 Å². The van der Waals surface area contributed by atoms with Crippen molar-refractivity contribution in [3.8, 4) is 0 Å². The third-order valence-electron chi connectivity index (χ3n) is 2.91. The molecule has 21 heavy (non-hydrogen) atoms. The Balaban J connectivity index is 1.82. The van der Waals surface area contributed by atoms with Crippen LogP contribution in [0.3, 0.4) is 0 Å². The SMILES string of the molecule is Cc1ccccc1NC(=O)CSCc1ccc(Cl)c(Cl)c1. The first-order valence-electron chi connectivity index (χ1n) is 6.43. The van der Waals surface area contributed by atoms with Crippen molar-refractivity contribution in [1.82, 2.24) is 0 Å². The predicted molar refractivity (Wildman–Crippen MR) is 92.4 cm³/mol. The van der Waals surface area contributed by atoms with Crippen molar-refractivity contribution < 1.29 is 4.79 Å². The minimum atomic E-state index is -0.00522. The first-order chi connectivity index (χ1) is 10.1. The van der Waals surface area contributed by atoms with Gasteiger partial charge in [-0.3, -0.25) is 4.79 Å². The molecule has 0 saturated carbocycles. The van der Waals surface area contributed by atoms with Gasteiger partial charge >= 0.3 is 0 Å². The minimum absolute atomic E-state index is 0.00522. The van der Waals surface area contributed by atoms with Crippen molar-refractivity contribution in [2.24, 2.45) is 0 Å². The molecule has 0 aromatic heterocycles. The molecule has 0 aliphatic carbocycles. The fraction of sp³-hybridized carbons (Fsp3) is 0.188. The maximum Gasteiger partial charge on any atom is 0.234 e. The number of halogens is 2. The Bertz CT molecular complexity index is 646. The van der Waals surface area contributed by atoms with Crippen molar-refractivity contribution in [1.29, 1.82) is 0 Å². The zero-order valence-electron chi connectivity index (χ0n) is 11.5. The van der Waals surface area contributed by atoms with Crippen LogP contribution in [-0.4, -0.2) is 11.7 Å². The Hall–Kier alpha value is -1.16. The van der Waals surface area contributed by atoms with Crippen LogP contribution in [0.25, 0.3) is 0 Å².